The van der Waals surface area contributed by atoms with Crippen molar-refractivity contribution in [2.24, 2.45) is 11.8 Å². The highest BCUT2D eigenvalue weighted by molar-refractivity contribution is 6.12. The number of dihydropyridines is 1. The van der Waals surface area contributed by atoms with E-state index in [1.165, 1.54) is 13.2 Å². The summed E-state index contributed by atoms with van der Waals surface area (Å²) in [6.07, 6.45) is 0.384. The molecule has 3 atom stereocenters. The van der Waals surface area contributed by atoms with Crippen molar-refractivity contribution < 1.29 is 28.2 Å². The van der Waals surface area contributed by atoms with Gasteiger partial charge in [0.15, 0.2) is 5.78 Å². The first-order valence-corrected chi connectivity index (χ1v) is 11.1. The molecule has 2 aromatic rings. The van der Waals surface area contributed by atoms with Crippen molar-refractivity contribution in [3.05, 3.63) is 94.1 Å². The van der Waals surface area contributed by atoms with Crippen LogP contribution in [0.2, 0.25) is 0 Å². The second kappa shape index (κ2) is 9.63. The first kappa shape index (κ1) is 23.4. The molecule has 0 aromatic heterocycles. The topological polar surface area (TPSA) is 81.7 Å². The fourth-order valence-corrected chi connectivity index (χ4v) is 4.77. The Morgan fingerprint density at radius 3 is 2.44 bits per heavy atom. The van der Waals surface area contributed by atoms with Crippen LogP contribution in [0.25, 0.3) is 0 Å². The molecule has 1 N–H and O–H groups in total. The van der Waals surface area contributed by atoms with Crippen molar-refractivity contribution in [1.82, 2.24) is 5.32 Å². The molecule has 4 rings (SSSR count). The third-order valence-electron chi connectivity index (χ3n) is 6.39. The Labute approximate surface area is 197 Å². The van der Waals surface area contributed by atoms with E-state index in [9.17, 15) is 14.4 Å². The lowest BCUT2D eigenvalue weighted by Crippen LogP contribution is -2.43. The predicted octanol–water partition coefficient (Wildman–Crippen LogP) is 4.18. The molecule has 1 aliphatic heterocycles. The second-order valence-corrected chi connectivity index (χ2v) is 8.62. The van der Waals surface area contributed by atoms with E-state index in [1.807, 2.05) is 30.3 Å². The number of carbonyl (C=O) groups is 3. The van der Waals surface area contributed by atoms with Gasteiger partial charge in [-0.15, -0.1) is 0 Å². The largest absolute Gasteiger partial charge is 0.468 e. The van der Waals surface area contributed by atoms with Crippen molar-refractivity contribution in [3.8, 4) is 0 Å². The van der Waals surface area contributed by atoms with Gasteiger partial charge < -0.3 is 14.8 Å². The summed E-state index contributed by atoms with van der Waals surface area (Å²) in [4.78, 5) is 39.4. The van der Waals surface area contributed by atoms with Crippen molar-refractivity contribution in [2.45, 2.75) is 32.8 Å². The van der Waals surface area contributed by atoms with Crippen LogP contribution in [0.5, 0.6) is 0 Å². The third kappa shape index (κ3) is 4.25. The maximum Gasteiger partial charge on any atom is 0.337 e. The van der Waals surface area contributed by atoms with E-state index >= 15 is 4.39 Å². The quantitative estimate of drug-likeness (QED) is 0.529. The molecule has 0 spiro atoms. The van der Waals surface area contributed by atoms with E-state index in [4.69, 9.17) is 9.47 Å². The van der Waals surface area contributed by atoms with E-state index in [0.717, 1.165) is 5.56 Å². The molecule has 0 radical (unpaired) electrons. The second-order valence-electron chi connectivity index (χ2n) is 8.62. The minimum absolute atomic E-state index is 0.0299. The third-order valence-corrected chi connectivity index (χ3v) is 6.39. The lowest BCUT2D eigenvalue weighted by Gasteiger charge is -2.38. The Kier molecular flexibility index (Phi) is 6.63. The van der Waals surface area contributed by atoms with Gasteiger partial charge >= 0.3 is 11.9 Å². The van der Waals surface area contributed by atoms with Gasteiger partial charge in [0, 0.05) is 22.5 Å². The van der Waals surface area contributed by atoms with Crippen molar-refractivity contribution in [3.63, 3.8) is 0 Å². The number of allylic oxidation sites excluding steroid dienone is 3. The molecule has 1 aliphatic carbocycles. The molecule has 0 bridgehead atoms. The average molecular weight is 464 g/mol. The predicted molar refractivity (Wildman–Crippen MR) is 123 cm³/mol. The number of benzene rings is 2. The minimum Gasteiger partial charge on any atom is -0.468 e. The molecule has 0 saturated carbocycles. The number of halogens is 1. The maximum atomic E-state index is 15.1. The number of carbonyl (C=O) groups excluding carboxylic acids is 3. The monoisotopic (exact) mass is 463 g/mol. The highest BCUT2D eigenvalue weighted by Gasteiger charge is 2.47. The first-order chi connectivity index (χ1) is 16.3. The van der Waals surface area contributed by atoms with Crippen LogP contribution in [0.15, 0.2) is 77.1 Å². The fraction of sp³-hybridized carbons (Fsp3) is 0.296. The molecule has 2 aliphatic rings. The Morgan fingerprint density at radius 1 is 1.09 bits per heavy atom. The average Bonchev–Trinajstić information content (AvgIpc) is 2.82. The van der Waals surface area contributed by atoms with E-state index < -0.39 is 35.4 Å². The Morgan fingerprint density at radius 2 is 1.76 bits per heavy atom. The Bertz CT molecular complexity index is 1200. The summed E-state index contributed by atoms with van der Waals surface area (Å²) in [6.45, 7) is 3.53. The number of nitrogens with one attached hydrogen (secondary N) is 1. The summed E-state index contributed by atoms with van der Waals surface area (Å²) in [7, 11) is 1.23. The number of rotatable bonds is 5. The van der Waals surface area contributed by atoms with E-state index in [1.54, 1.807) is 32.0 Å². The molecule has 6 nitrogen and oxygen atoms in total. The molecular formula is C27H26FNO5. The lowest BCUT2D eigenvalue weighted by molar-refractivity contribution is -0.151. The number of esters is 2. The number of ether oxygens (including phenoxy) is 2. The van der Waals surface area contributed by atoms with Gasteiger partial charge in [0.2, 0.25) is 0 Å². The number of Topliss-reactive ketones (excluding diaryl/α,β-unsaturated/α-hetero) is 1. The van der Waals surface area contributed by atoms with Crippen LogP contribution in [-0.2, 0) is 30.5 Å². The number of hydrogen-bond acceptors (Lipinski definition) is 6. The summed E-state index contributed by atoms with van der Waals surface area (Å²) in [6, 6.07) is 15.2. The number of hydrogen-bond donors (Lipinski definition) is 1. The Hall–Kier alpha value is -3.74. The molecule has 7 heteroatoms. The molecule has 34 heavy (non-hydrogen) atoms. The van der Waals surface area contributed by atoms with Gasteiger partial charge in [-0.25, -0.2) is 9.18 Å². The van der Waals surface area contributed by atoms with Crippen LogP contribution >= 0.6 is 0 Å². The first-order valence-electron chi connectivity index (χ1n) is 11.1. The van der Waals surface area contributed by atoms with Gasteiger partial charge in [-0.05, 0) is 30.9 Å². The summed E-state index contributed by atoms with van der Waals surface area (Å²) in [5.41, 5.74) is 2.40. The zero-order valence-electron chi connectivity index (χ0n) is 19.3. The van der Waals surface area contributed by atoms with Crippen LogP contribution in [0, 0.1) is 17.7 Å². The number of ketones is 1. The zero-order valence-corrected chi connectivity index (χ0v) is 19.3. The van der Waals surface area contributed by atoms with Crippen LogP contribution in [0.3, 0.4) is 0 Å². The minimum atomic E-state index is -1.03. The molecule has 0 fully saturated rings. The zero-order chi connectivity index (χ0) is 24.4. The van der Waals surface area contributed by atoms with Crippen LogP contribution in [0.4, 0.5) is 4.39 Å². The SMILES string of the molecule is COC(=O)C1C(=O)C2=C(CC1C)NC(C)=C(C(=O)OCc1ccccc1)C2c1ccccc1F. The molecule has 2 aromatic carbocycles. The fourth-order valence-electron chi connectivity index (χ4n) is 4.77. The summed E-state index contributed by atoms with van der Waals surface area (Å²) in [5, 5.41) is 3.17. The molecule has 176 valence electrons. The standard InChI is InChI=1S/C27H26FNO5/c1-15-13-20-24(25(30)21(15)26(31)33-3)23(18-11-7-8-12-19(18)28)22(16(2)29-20)27(32)34-14-17-9-5-4-6-10-17/h4-12,15,21,23,29H,13-14H2,1-3H3. The van der Waals surface area contributed by atoms with Crippen molar-refractivity contribution >= 4 is 17.7 Å². The van der Waals surface area contributed by atoms with Crippen LogP contribution in [-0.4, -0.2) is 24.8 Å². The molecule has 3 unspecified atom stereocenters. The molecule has 0 amide bonds. The van der Waals surface area contributed by atoms with Crippen molar-refractivity contribution in [2.75, 3.05) is 7.11 Å². The van der Waals surface area contributed by atoms with Crippen LogP contribution < -0.4 is 5.32 Å². The van der Waals surface area contributed by atoms with Crippen molar-refractivity contribution in [1.29, 1.82) is 0 Å². The maximum absolute atomic E-state index is 15.1. The van der Waals surface area contributed by atoms with E-state index in [0.29, 0.717) is 17.8 Å². The van der Waals surface area contributed by atoms with Gasteiger partial charge in [0.05, 0.1) is 18.6 Å². The van der Waals surface area contributed by atoms with Gasteiger partial charge in [0.1, 0.15) is 18.3 Å². The number of methoxy groups -OCH3 is 1. The van der Waals surface area contributed by atoms with Gasteiger partial charge in [-0.2, -0.15) is 0 Å². The summed E-state index contributed by atoms with van der Waals surface area (Å²) < 4.78 is 25.5. The Balaban J connectivity index is 1.78. The molecule has 0 saturated heterocycles. The van der Waals surface area contributed by atoms with E-state index in [2.05, 4.69) is 5.32 Å². The smallest absolute Gasteiger partial charge is 0.337 e. The lowest BCUT2D eigenvalue weighted by atomic mass is 9.69. The van der Waals surface area contributed by atoms with Gasteiger partial charge in [-0.1, -0.05) is 55.5 Å². The van der Waals surface area contributed by atoms with Gasteiger partial charge in [0.25, 0.3) is 0 Å². The highest BCUT2D eigenvalue weighted by atomic mass is 19.1. The van der Waals surface area contributed by atoms with Gasteiger partial charge in [-0.3, -0.25) is 9.59 Å². The normalized spacial score (nSPS) is 22.1. The molecular weight excluding hydrogens is 437 g/mol. The summed E-state index contributed by atoms with van der Waals surface area (Å²) in [5.74, 6) is -4.67. The molecule has 1 heterocycles. The van der Waals surface area contributed by atoms with Crippen LogP contribution in [0.1, 0.15) is 37.3 Å². The van der Waals surface area contributed by atoms with E-state index in [-0.39, 0.29) is 29.2 Å². The summed E-state index contributed by atoms with van der Waals surface area (Å²) >= 11 is 0. The highest BCUT2D eigenvalue weighted by Crippen LogP contribution is 2.46.